The molecule has 94 valence electrons. The van der Waals surface area contributed by atoms with Gasteiger partial charge in [0, 0.05) is 6.42 Å². The molecule has 1 heterocycles. The molecule has 0 aromatic rings. The molecular weight excluding hydrogens is 212 g/mol. The van der Waals surface area contributed by atoms with Crippen LogP contribution in [0.1, 0.15) is 33.1 Å². The average Bonchev–Trinajstić information content (AvgIpc) is 2.21. The van der Waals surface area contributed by atoms with Gasteiger partial charge in [0.2, 0.25) is 0 Å². The Kier molecular flexibility index (Phi) is 4.43. The fourth-order valence-electron chi connectivity index (χ4n) is 2.02. The molecule has 2 unspecified atom stereocenters. The SMILES string of the molecule is CC(=O)CCC[C@@]1(O)C(C)OCC(O)[C@H]1O. The smallest absolute Gasteiger partial charge is 0.129 e. The summed E-state index contributed by atoms with van der Waals surface area (Å²) in [5.41, 5.74) is -1.47. The second kappa shape index (κ2) is 5.23. The van der Waals surface area contributed by atoms with Crippen molar-refractivity contribution in [1.82, 2.24) is 0 Å². The van der Waals surface area contributed by atoms with E-state index in [4.69, 9.17) is 4.74 Å². The van der Waals surface area contributed by atoms with Gasteiger partial charge in [-0.3, -0.25) is 0 Å². The van der Waals surface area contributed by atoms with E-state index in [0.717, 1.165) is 0 Å². The largest absolute Gasteiger partial charge is 0.388 e. The van der Waals surface area contributed by atoms with E-state index in [1.807, 2.05) is 0 Å². The van der Waals surface area contributed by atoms with E-state index in [1.54, 1.807) is 6.92 Å². The molecule has 1 fully saturated rings. The van der Waals surface area contributed by atoms with Gasteiger partial charge in [-0.1, -0.05) is 0 Å². The lowest BCUT2D eigenvalue weighted by molar-refractivity contribution is -0.240. The van der Waals surface area contributed by atoms with E-state index in [1.165, 1.54) is 6.92 Å². The van der Waals surface area contributed by atoms with E-state index < -0.39 is 23.9 Å². The monoisotopic (exact) mass is 232 g/mol. The van der Waals surface area contributed by atoms with E-state index in [-0.39, 0.29) is 18.8 Å². The number of carbonyl (C=O) groups is 1. The van der Waals surface area contributed by atoms with Crippen molar-refractivity contribution in [1.29, 1.82) is 0 Å². The van der Waals surface area contributed by atoms with Crippen LogP contribution in [0.15, 0.2) is 0 Å². The molecule has 5 nitrogen and oxygen atoms in total. The van der Waals surface area contributed by atoms with Crippen LogP contribution in [-0.4, -0.2) is 51.6 Å². The fraction of sp³-hybridized carbons (Fsp3) is 0.909. The number of carbonyl (C=O) groups excluding carboxylic acids is 1. The van der Waals surface area contributed by atoms with Crippen molar-refractivity contribution in [3.8, 4) is 0 Å². The summed E-state index contributed by atoms with van der Waals surface area (Å²) in [6.07, 6.45) is -1.76. The van der Waals surface area contributed by atoms with Crippen molar-refractivity contribution in [3.63, 3.8) is 0 Å². The van der Waals surface area contributed by atoms with Crippen molar-refractivity contribution in [2.24, 2.45) is 0 Å². The second-order valence-corrected chi connectivity index (χ2v) is 4.53. The quantitative estimate of drug-likeness (QED) is 0.615. The standard InChI is InChI=1S/C11H20O5/c1-7(12)4-3-5-11(15)8(2)16-6-9(13)10(11)14/h8-10,13-15H,3-6H2,1-2H3/t8?,9?,10-,11-/m1/s1. The van der Waals surface area contributed by atoms with Crippen molar-refractivity contribution < 1.29 is 24.9 Å². The predicted molar refractivity (Wildman–Crippen MR) is 56.9 cm³/mol. The summed E-state index contributed by atoms with van der Waals surface area (Å²) in [6.45, 7) is 3.16. The second-order valence-electron chi connectivity index (χ2n) is 4.53. The average molecular weight is 232 g/mol. The molecular formula is C11H20O5. The first-order valence-electron chi connectivity index (χ1n) is 5.57. The van der Waals surface area contributed by atoms with Crippen molar-refractivity contribution in [2.45, 2.75) is 57.0 Å². The Bertz CT molecular complexity index is 255. The number of hydrogen-bond acceptors (Lipinski definition) is 5. The molecule has 1 aliphatic heterocycles. The zero-order valence-electron chi connectivity index (χ0n) is 9.72. The topological polar surface area (TPSA) is 87.0 Å². The fourth-order valence-corrected chi connectivity index (χ4v) is 2.02. The number of ether oxygens (including phenoxy) is 1. The lowest BCUT2D eigenvalue weighted by Gasteiger charge is -2.44. The molecule has 0 saturated carbocycles. The summed E-state index contributed by atoms with van der Waals surface area (Å²) in [7, 11) is 0. The number of aliphatic hydroxyl groups is 3. The van der Waals surface area contributed by atoms with Gasteiger partial charge in [0.05, 0.1) is 12.7 Å². The van der Waals surface area contributed by atoms with E-state index in [9.17, 15) is 20.1 Å². The molecule has 3 N–H and O–H groups in total. The molecule has 0 spiro atoms. The van der Waals surface area contributed by atoms with Gasteiger partial charge < -0.3 is 24.9 Å². The van der Waals surface area contributed by atoms with Gasteiger partial charge in [0.25, 0.3) is 0 Å². The Labute approximate surface area is 95.0 Å². The van der Waals surface area contributed by atoms with Gasteiger partial charge in [-0.25, -0.2) is 0 Å². The molecule has 4 atom stereocenters. The van der Waals surface area contributed by atoms with Crippen molar-refractivity contribution >= 4 is 5.78 Å². The molecule has 0 amide bonds. The summed E-state index contributed by atoms with van der Waals surface area (Å²) in [6, 6.07) is 0. The number of ketones is 1. The maximum atomic E-state index is 10.8. The molecule has 1 rings (SSSR count). The highest BCUT2D eigenvalue weighted by Gasteiger charge is 2.48. The van der Waals surface area contributed by atoms with Gasteiger partial charge in [0.1, 0.15) is 23.6 Å². The molecule has 0 bridgehead atoms. The Morgan fingerprint density at radius 3 is 2.69 bits per heavy atom. The van der Waals surface area contributed by atoms with Crippen molar-refractivity contribution in [3.05, 3.63) is 0 Å². The third-order valence-corrected chi connectivity index (χ3v) is 3.20. The maximum absolute atomic E-state index is 10.8. The zero-order chi connectivity index (χ0) is 12.3. The van der Waals surface area contributed by atoms with Gasteiger partial charge in [0.15, 0.2) is 0 Å². The van der Waals surface area contributed by atoms with Gasteiger partial charge >= 0.3 is 0 Å². The molecule has 0 aromatic heterocycles. The summed E-state index contributed by atoms with van der Waals surface area (Å²) < 4.78 is 5.19. The van der Waals surface area contributed by atoms with Crippen LogP contribution in [0, 0.1) is 0 Å². The minimum Gasteiger partial charge on any atom is -0.388 e. The summed E-state index contributed by atoms with van der Waals surface area (Å²) in [4.78, 5) is 10.8. The van der Waals surface area contributed by atoms with Crippen LogP contribution in [0.4, 0.5) is 0 Å². The highest BCUT2D eigenvalue weighted by molar-refractivity contribution is 5.75. The highest BCUT2D eigenvalue weighted by Crippen LogP contribution is 2.31. The Morgan fingerprint density at radius 2 is 2.12 bits per heavy atom. The van der Waals surface area contributed by atoms with Crippen LogP contribution in [0.2, 0.25) is 0 Å². The van der Waals surface area contributed by atoms with Crippen molar-refractivity contribution in [2.75, 3.05) is 6.61 Å². The molecule has 0 aromatic carbocycles. The number of rotatable bonds is 4. The van der Waals surface area contributed by atoms with E-state index >= 15 is 0 Å². The van der Waals surface area contributed by atoms with Crippen LogP contribution in [-0.2, 0) is 9.53 Å². The predicted octanol–water partition coefficient (Wildman–Crippen LogP) is -0.383. The molecule has 5 heteroatoms. The molecule has 1 saturated heterocycles. The highest BCUT2D eigenvalue weighted by atomic mass is 16.5. The molecule has 16 heavy (non-hydrogen) atoms. The van der Waals surface area contributed by atoms with Crippen LogP contribution in [0.5, 0.6) is 0 Å². The zero-order valence-corrected chi connectivity index (χ0v) is 9.72. The van der Waals surface area contributed by atoms with E-state index in [0.29, 0.717) is 12.8 Å². The molecule has 0 aliphatic carbocycles. The minimum atomic E-state index is -1.47. The number of aliphatic hydroxyl groups excluding tert-OH is 2. The third kappa shape index (κ3) is 2.79. The minimum absolute atomic E-state index is 0.0252. The summed E-state index contributed by atoms with van der Waals surface area (Å²) in [5.74, 6) is 0.0445. The summed E-state index contributed by atoms with van der Waals surface area (Å²) >= 11 is 0. The molecule has 0 radical (unpaired) electrons. The lowest BCUT2D eigenvalue weighted by Crippen LogP contribution is -2.61. The van der Waals surface area contributed by atoms with Crippen LogP contribution < -0.4 is 0 Å². The first kappa shape index (κ1) is 13.6. The van der Waals surface area contributed by atoms with Crippen LogP contribution >= 0.6 is 0 Å². The lowest BCUT2D eigenvalue weighted by atomic mass is 9.81. The van der Waals surface area contributed by atoms with E-state index in [2.05, 4.69) is 0 Å². The first-order chi connectivity index (χ1) is 7.38. The Balaban J connectivity index is 2.59. The van der Waals surface area contributed by atoms with Gasteiger partial charge in [-0.05, 0) is 26.7 Å². The summed E-state index contributed by atoms with van der Waals surface area (Å²) in [5, 5.41) is 29.5. The Hall–Kier alpha value is -0.490. The van der Waals surface area contributed by atoms with Gasteiger partial charge in [-0.2, -0.15) is 0 Å². The normalized spacial score (nSPS) is 39.7. The van der Waals surface area contributed by atoms with Crippen LogP contribution in [0.3, 0.4) is 0 Å². The van der Waals surface area contributed by atoms with Gasteiger partial charge in [-0.15, -0.1) is 0 Å². The Morgan fingerprint density at radius 1 is 1.50 bits per heavy atom. The van der Waals surface area contributed by atoms with Crippen LogP contribution in [0.25, 0.3) is 0 Å². The number of hydrogen-bond donors (Lipinski definition) is 3. The molecule has 1 aliphatic rings. The third-order valence-electron chi connectivity index (χ3n) is 3.20. The maximum Gasteiger partial charge on any atom is 0.129 e. The first-order valence-corrected chi connectivity index (χ1v) is 5.57. The number of Topliss-reactive ketones (excluding diaryl/α,β-unsaturated/α-hetero) is 1.